The first-order chi connectivity index (χ1) is 10.2. The third-order valence-corrected chi connectivity index (χ3v) is 4.51. The van der Waals surface area contributed by atoms with Crippen molar-refractivity contribution in [1.82, 2.24) is 14.9 Å². The van der Waals surface area contributed by atoms with E-state index in [4.69, 9.17) is 9.47 Å². The molecule has 2 aliphatic heterocycles. The van der Waals surface area contributed by atoms with Crippen LogP contribution >= 0.6 is 0 Å². The molecular weight excluding hydrogens is 270 g/mol. The predicted molar refractivity (Wildman–Crippen MR) is 75.8 cm³/mol. The molecule has 0 saturated carbocycles. The predicted octanol–water partition coefficient (Wildman–Crippen LogP) is 1.13. The maximum atomic E-state index is 12.6. The highest BCUT2D eigenvalue weighted by Gasteiger charge is 2.47. The Morgan fingerprint density at radius 3 is 3.29 bits per heavy atom. The second-order valence-corrected chi connectivity index (χ2v) is 5.87. The Bertz CT molecular complexity index is 492. The minimum absolute atomic E-state index is 0.0306. The molecule has 0 radical (unpaired) electrons. The number of methoxy groups -OCH3 is 1. The van der Waals surface area contributed by atoms with E-state index in [0.717, 1.165) is 25.9 Å². The highest BCUT2D eigenvalue weighted by Crippen LogP contribution is 2.40. The maximum Gasteiger partial charge on any atom is 0.272 e. The third-order valence-electron chi connectivity index (χ3n) is 4.51. The zero-order valence-electron chi connectivity index (χ0n) is 12.3. The van der Waals surface area contributed by atoms with Gasteiger partial charge in [0.25, 0.3) is 5.91 Å². The number of piperidine rings is 1. The quantitative estimate of drug-likeness (QED) is 0.835. The number of carbonyl (C=O) groups is 1. The average Bonchev–Trinajstić information content (AvgIpc) is 2.54. The minimum atomic E-state index is -0.0755. The number of rotatable bonds is 3. The average molecular weight is 291 g/mol. The van der Waals surface area contributed by atoms with Gasteiger partial charge in [0.2, 0.25) is 0 Å². The van der Waals surface area contributed by atoms with Crippen molar-refractivity contribution in [3.05, 3.63) is 24.3 Å². The van der Waals surface area contributed by atoms with E-state index >= 15 is 0 Å². The zero-order valence-corrected chi connectivity index (χ0v) is 12.3. The SMILES string of the molecule is COC[C@]12CCCO[C@H]1CCN(C(=O)c1ccncn1)C2. The van der Waals surface area contributed by atoms with Crippen LogP contribution in [-0.2, 0) is 9.47 Å². The van der Waals surface area contributed by atoms with Crippen molar-refractivity contribution in [1.29, 1.82) is 0 Å². The molecule has 1 aromatic heterocycles. The van der Waals surface area contributed by atoms with Crippen LogP contribution in [0, 0.1) is 5.41 Å². The van der Waals surface area contributed by atoms with Crippen LogP contribution < -0.4 is 0 Å². The Kier molecular flexibility index (Phi) is 4.17. The van der Waals surface area contributed by atoms with E-state index in [-0.39, 0.29) is 17.4 Å². The summed E-state index contributed by atoms with van der Waals surface area (Å²) in [5.41, 5.74) is 0.376. The molecule has 21 heavy (non-hydrogen) atoms. The Hall–Kier alpha value is -1.53. The fourth-order valence-corrected chi connectivity index (χ4v) is 3.54. The molecule has 6 heteroatoms. The Balaban J connectivity index is 1.78. The smallest absolute Gasteiger partial charge is 0.272 e. The van der Waals surface area contributed by atoms with Crippen molar-refractivity contribution in [3.63, 3.8) is 0 Å². The first kappa shape index (κ1) is 14.4. The van der Waals surface area contributed by atoms with E-state index in [0.29, 0.717) is 25.4 Å². The van der Waals surface area contributed by atoms with Crippen molar-refractivity contribution in [2.75, 3.05) is 33.4 Å². The van der Waals surface area contributed by atoms with Gasteiger partial charge in [-0.2, -0.15) is 0 Å². The van der Waals surface area contributed by atoms with Gasteiger partial charge in [0.05, 0.1) is 12.7 Å². The normalized spacial score (nSPS) is 29.0. The standard InChI is InChI=1S/C15H21N3O3/c1-20-10-15-5-2-8-21-13(15)4-7-18(9-15)14(19)12-3-6-16-11-17-12/h3,6,11,13H,2,4-5,7-10H2,1H3/t13-,15+/m0/s1. The summed E-state index contributed by atoms with van der Waals surface area (Å²) in [6.45, 7) is 2.83. The highest BCUT2D eigenvalue weighted by molar-refractivity contribution is 5.92. The molecule has 0 aromatic carbocycles. The van der Waals surface area contributed by atoms with Crippen molar-refractivity contribution in [2.24, 2.45) is 5.41 Å². The van der Waals surface area contributed by atoms with Crippen LogP contribution in [0.5, 0.6) is 0 Å². The Morgan fingerprint density at radius 2 is 2.52 bits per heavy atom. The Labute approximate surface area is 124 Å². The van der Waals surface area contributed by atoms with Gasteiger partial charge in [-0.05, 0) is 25.3 Å². The van der Waals surface area contributed by atoms with Crippen molar-refractivity contribution >= 4 is 5.91 Å². The lowest BCUT2D eigenvalue weighted by atomic mass is 9.73. The lowest BCUT2D eigenvalue weighted by molar-refractivity contribution is -0.142. The molecule has 2 fully saturated rings. The van der Waals surface area contributed by atoms with E-state index in [2.05, 4.69) is 9.97 Å². The number of fused-ring (bicyclic) bond motifs is 1. The Morgan fingerprint density at radius 1 is 1.62 bits per heavy atom. The summed E-state index contributed by atoms with van der Waals surface area (Å²) >= 11 is 0. The number of amides is 1. The van der Waals surface area contributed by atoms with Crippen molar-refractivity contribution in [2.45, 2.75) is 25.4 Å². The molecule has 2 atom stereocenters. The summed E-state index contributed by atoms with van der Waals surface area (Å²) in [5.74, 6) is -0.0306. The van der Waals surface area contributed by atoms with E-state index in [1.54, 1.807) is 19.4 Å². The second kappa shape index (κ2) is 6.07. The molecule has 1 amide bonds. The molecule has 0 aliphatic carbocycles. The van der Waals surface area contributed by atoms with Gasteiger partial charge >= 0.3 is 0 Å². The van der Waals surface area contributed by atoms with Crippen LogP contribution in [0.15, 0.2) is 18.6 Å². The first-order valence-corrected chi connectivity index (χ1v) is 7.41. The number of ether oxygens (including phenoxy) is 2. The number of nitrogens with zero attached hydrogens (tertiary/aromatic N) is 3. The number of hydrogen-bond donors (Lipinski definition) is 0. The zero-order chi connectivity index (χ0) is 14.7. The second-order valence-electron chi connectivity index (χ2n) is 5.87. The number of aromatic nitrogens is 2. The summed E-state index contributed by atoms with van der Waals surface area (Å²) < 4.78 is 11.4. The molecule has 3 rings (SSSR count). The van der Waals surface area contributed by atoms with Crippen LogP contribution in [-0.4, -0.2) is 60.3 Å². The van der Waals surface area contributed by atoms with Gasteiger partial charge in [-0.1, -0.05) is 0 Å². The number of hydrogen-bond acceptors (Lipinski definition) is 5. The largest absolute Gasteiger partial charge is 0.384 e. The molecule has 0 bridgehead atoms. The minimum Gasteiger partial charge on any atom is -0.384 e. The highest BCUT2D eigenvalue weighted by atomic mass is 16.5. The maximum absolute atomic E-state index is 12.6. The van der Waals surface area contributed by atoms with Gasteiger partial charge in [0.15, 0.2) is 0 Å². The van der Waals surface area contributed by atoms with Crippen LogP contribution in [0.3, 0.4) is 0 Å². The molecule has 0 spiro atoms. The lowest BCUT2D eigenvalue weighted by Crippen LogP contribution is -2.58. The third kappa shape index (κ3) is 2.78. The molecule has 6 nitrogen and oxygen atoms in total. The van der Waals surface area contributed by atoms with Crippen LogP contribution in [0.4, 0.5) is 0 Å². The number of carbonyl (C=O) groups excluding carboxylic acids is 1. The van der Waals surface area contributed by atoms with Gasteiger partial charge in [0, 0.05) is 38.4 Å². The lowest BCUT2D eigenvalue weighted by Gasteiger charge is -2.50. The molecule has 3 heterocycles. The number of likely N-dealkylation sites (tertiary alicyclic amines) is 1. The van der Waals surface area contributed by atoms with Gasteiger partial charge in [-0.25, -0.2) is 9.97 Å². The van der Waals surface area contributed by atoms with E-state index in [1.165, 1.54) is 6.33 Å². The molecule has 2 saturated heterocycles. The molecular formula is C15H21N3O3. The summed E-state index contributed by atoms with van der Waals surface area (Å²) in [6.07, 6.45) is 6.13. The van der Waals surface area contributed by atoms with E-state index < -0.39 is 0 Å². The summed E-state index contributed by atoms with van der Waals surface area (Å²) in [7, 11) is 1.71. The topological polar surface area (TPSA) is 64.6 Å². The van der Waals surface area contributed by atoms with Crippen LogP contribution in [0.25, 0.3) is 0 Å². The van der Waals surface area contributed by atoms with Crippen LogP contribution in [0.2, 0.25) is 0 Å². The summed E-state index contributed by atoms with van der Waals surface area (Å²) in [6, 6.07) is 1.66. The van der Waals surface area contributed by atoms with E-state index in [1.807, 2.05) is 4.90 Å². The van der Waals surface area contributed by atoms with Gasteiger partial charge in [-0.3, -0.25) is 4.79 Å². The monoisotopic (exact) mass is 291 g/mol. The van der Waals surface area contributed by atoms with Crippen molar-refractivity contribution in [3.8, 4) is 0 Å². The van der Waals surface area contributed by atoms with Gasteiger partial charge in [0.1, 0.15) is 12.0 Å². The molecule has 0 N–H and O–H groups in total. The molecule has 114 valence electrons. The van der Waals surface area contributed by atoms with E-state index in [9.17, 15) is 4.79 Å². The molecule has 1 aromatic rings. The molecule has 0 unspecified atom stereocenters. The fraction of sp³-hybridized carbons (Fsp3) is 0.667. The summed E-state index contributed by atoms with van der Waals surface area (Å²) in [5, 5.41) is 0. The van der Waals surface area contributed by atoms with Crippen molar-refractivity contribution < 1.29 is 14.3 Å². The van der Waals surface area contributed by atoms with Gasteiger partial charge < -0.3 is 14.4 Å². The molecule has 2 aliphatic rings. The van der Waals surface area contributed by atoms with Gasteiger partial charge in [-0.15, -0.1) is 0 Å². The summed E-state index contributed by atoms with van der Waals surface area (Å²) in [4.78, 5) is 22.4. The first-order valence-electron chi connectivity index (χ1n) is 7.41. The van der Waals surface area contributed by atoms with Crippen LogP contribution in [0.1, 0.15) is 29.8 Å². The fourth-order valence-electron chi connectivity index (χ4n) is 3.54.